The van der Waals surface area contributed by atoms with Gasteiger partial charge < -0.3 is 14.9 Å². The van der Waals surface area contributed by atoms with Gasteiger partial charge in [-0.2, -0.15) is 0 Å². The molecule has 0 saturated carbocycles. The third kappa shape index (κ3) is 20.3. The monoisotopic (exact) mass is 376 g/mol. The van der Waals surface area contributed by atoms with E-state index in [9.17, 15) is 4.79 Å². The van der Waals surface area contributed by atoms with Gasteiger partial charge in [0.1, 0.15) is 12.7 Å². The molecular weight excluding hydrogens is 340 g/mol. The minimum absolute atomic E-state index is 0.142. The zero-order valence-electron chi connectivity index (χ0n) is 16.6. The zero-order chi connectivity index (χ0) is 20.0. The average molecular weight is 377 g/mol. The number of hydrogen-bond acceptors (Lipinski definition) is 4. The van der Waals surface area contributed by atoms with Crippen LogP contribution in [0.4, 0.5) is 0 Å². The maximum atomic E-state index is 11.4. The van der Waals surface area contributed by atoms with E-state index < -0.39 is 12.7 Å². The molecule has 1 atom stereocenters. The van der Waals surface area contributed by atoms with Crippen LogP contribution >= 0.6 is 0 Å². The predicted molar refractivity (Wildman–Crippen MR) is 112 cm³/mol. The Bertz CT molecular complexity index is 487. The van der Waals surface area contributed by atoms with Gasteiger partial charge in [0.15, 0.2) is 0 Å². The zero-order valence-corrected chi connectivity index (χ0v) is 16.6. The van der Waals surface area contributed by atoms with E-state index in [4.69, 9.17) is 14.9 Å². The van der Waals surface area contributed by atoms with Crippen LogP contribution in [0, 0.1) is 0 Å². The minimum Gasteiger partial charge on any atom is -0.463 e. The summed E-state index contributed by atoms with van der Waals surface area (Å²) in [6.07, 6.45) is 27.4. The Balaban J connectivity index is 3.53. The minimum atomic E-state index is -0.986. The van der Waals surface area contributed by atoms with Crippen molar-refractivity contribution in [3.8, 4) is 0 Å². The van der Waals surface area contributed by atoms with Gasteiger partial charge in [-0.15, -0.1) is 0 Å². The predicted octanol–water partition coefficient (Wildman–Crippen LogP) is 4.80. The van der Waals surface area contributed by atoms with Crippen LogP contribution in [0.1, 0.15) is 58.3 Å². The molecule has 0 aliphatic rings. The first-order valence-electron chi connectivity index (χ1n) is 9.90. The summed E-state index contributed by atoms with van der Waals surface area (Å²) >= 11 is 0. The van der Waals surface area contributed by atoms with Crippen molar-refractivity contribution in [2.75, 3.05) is 13.2 Å². The number of allylic oxidation sites excluding steroid dienone is 10. The summed E-state index contributed by atoms with van der Waals surface area (Å²) in [6, 6.07) is 0. The summed E-state index contributed by atoms with van der Waals surface area (Å²) < 4.78 is 4.83. The molecule has 0 aromatic rings. The van der Waals surface area contributed by atoms with E-state index in [-0.39, 0.29) is 12.6 Å². The van der Waals surface area contributed by atoms with Crippen LogP contribution in [0.15, 0.2) is 60.8 Å². The summed E-state index contributed by atoms with van der Waals surface area (Å²) in [6.45, 7) is 1.60. The molecule has 0 saturated heterocycles. The third-order valence-corrected chi connectivity index (χ3v) is 3.56. The van der Waals surface area contributed by atoms with E-state index in [2.05, 4.69) is 67.7 Å². The molecule has 152 valence electrons. The van der Waals surface area contributed by atoms with E-state index in [0.29, 0.717) is 6.42 Å². The first kappa shape index (κ1) is 25.1. The number of hydrogen-bond donors (Lipinski definition) is 2. The molecule has 0 rings (SSSR count). The Morgan fingerprint density at radius 1 is 0.852 bits per heavy atom. The van der Waals surface area contributed by atoms with Crippen LogP contribution in [-0.2, 0) is 9.53 Å². The molecule has 4 nitrogen and oxygen atoms in total. The van der Waals surface area contributed by atoms with E-state index >= 15 is 0 Å². The molecule has 0 spiro atoms. The lowest BCUT2D eigenvalue weighted by molar-refractivity contribution is -0.147. The highest BCUT2D eigenvalue weighted by atomic mass is 16.5. The Morgan fingerprint density at radius 2 is 1.33 bits per heavy atom. The van der Waals surface area contributed by atoms with Crippen LogP contribution in [0.25, 0.3) is 0 Å². The quantitative estimate of drug-likeness (QED) is 0.231. The molecule has 0 unspecified atom stereocenters. The fourth-order valence-corrected chi connectivity index (χ4v) is 2.05. The Hall–Kier alpha value is -1.91. The summed E-state index contributed by atoms with van der Waals surface area (Å²) in [5.74, 6) is -0.338. The summed E-state index contributed by atoms with van der Waals surface area (Å²) in [5, 5.41) is 17.7. The van der Waals surface area contributed by atoms with Crippen molar-refractivity contribution < 1.29 is 19.7 Å². The second-order valence-corrected chi connectivity index (χ2v) is 6.12. The van der Waals surface area contributed by atoms with Crippen LogP contribution in [-0.4, -0.2) is 35.5 Å². The number of ether oxygens (including phenoxy) is 1. The first-order chi connectivity index (χ1) is 13.2. The molecule has 0 radical (unpaired) electrons. The Labute approximate surface area is 164 Å². The van der Waals surface area contributed by atoms with Crippen molar-refractivity contribution in [3.63, 3.8) is 0 Å². The van der Waals surface area contributed by atoms with E-state index in [1.165, 1.54) is 0 Å². The van der Waals surface area contributed by atoms with Gasteiger partial charge in [-0.1, -0.05) is 67.7 Å². The molecule has 0 aromatic heterocycles. The highest BCUT2D eigenvalue weighted by molar-refractivity contribution is 5.69. The lowest BCUT2D eigenvalue weighted by atomic mass is 10.2. The maximum Gasteiger partial charge on any atom is 0.305 e. The molecule has 0 aliphatic carbocycles. The van der Waals surface area contributed by atoms with Crippen LogP contribution in [0.5, 0.6) is 0 Å². The van der Waals surface area contributed by atoms with Gasteiger partial charge >= 0.3 is 5.97 Å². The fourth-order valence-electron chi connectivity index (χ4n) is 2.05. The maximum absolute atomic E-state index is 11.4. The number of rotatable bonds is 16. The topological polar surface area (TPSA) is 66.8 Å². The molecule has 0 aromatic carbocycles. The van der Waals surface area contributed by atoms with Gasteiger partial charge in [-0.25, -0.2) is 0 Å². The second kappa shape index (κ2) is 20.4. The van der Waals surface area contributed by atoms with Crippen molar-refractivity contribution >= 4 is 5.97 Å². The van der Waals surface area contributed by atoms with Crippen molar-refractivity contribution in [2.24, 2.45) is 0 Å². The van der Waals surface area contributed by atoms with Crippen LogP contribution in [0.2, 0.25) is 0 Å². The average Bonchev–Trinajstić information content (AvgIpc) is 2.68. The second-order valence-electron chi connectivity index (χ2n) is 6.12. The lowest BCUT2D eigenvalue weighted by Crippen LogP contribution is -2.21. The lowest BCUT2D eigenvalue weighted by Gasteiger charge is -2.07. The normalized spacial score (nSPS) is 13.7. The number of unbranched alkanes of at least 4 members (excludes halogenated alkanes) is 1. The van der Waals surface area contributed by atoms with E-state index in [1.807, 2.05) is 0 Å². The van der Waals surface area contributed by atoms with E-state index in [0.717, 1.165) is 44.9 Å². The Morgan fingerprint density at radius 3 is 1.81 bits per heavy atom. The highest BCUT2D eigenvalue weighted by Gasteiger charge is 2.06. The SMILES string of the molecule is CCC=CCC=CCC=CCC=CCC=CCCCC(=O)OC[C@@H](O)CO. The molecule has 0 heterocycles. The number of carbonyl (C=O) groups is 1. The molecule has 0 aliphatic heterocycles. The first-order valence-corrected chi connectivity index (χ1v) is 9.90. The molecule has 27 heavy (non-hydrogen) atoms. The van der Waals surface area contributed by atoms with Gasteiger partial charge in [0.25, 0.3) is 0 Å². The van der Waals surface area contributed by atoms with Gasteiger partial charge in [-0.3, -0.25) is 4.79 Å². The largest absolute Gasteiger partial charge is 0.463 e. The van der Waals surface area contributed by atoms with E-state index in [1.54, 1.807) is 0 Å². The molecule has 0 bridgehead atoms. The Kier molecular flexibility index (Phi) is 19.0. The summed E-state index contributed by atoms with van der Waals surface area (Å²) in [4.78, 5) is 11.4. The van der Waals surface area contributed by atoms with Crippen molar-refractivity contribution in [2.45, 2.75) is 64.4 Å². The third-order valence-electron chi connectivity index (χ3n) is 3.56. The van der Waals surface area contributed by atoms with Crippen LogP contribution < -0.4 is 0 Å². The van der Waals surface area contributed by atoms with Gasteiger partial charge in [0.2, 0.25) is 0 Å². The number of aliphatic hydroxyl groups excluding tert-OH is 2. The summed E-state index contributed by atoms with van der Waals surface area (Å²) in [7, 11) is 0. The number of carbonyl (C=O) groups excluding carboxylic acids is 1. The molecule has 0 fully saturated rings. The summed E-state index contributed by atoms with van der Waals surface area (Å²) in [5.41, 5.74) is 0. The molecular formula is C23H36O4. The van der Waals surface area contributed by atoms with Gasteiger partial charge in [0.05, 0.1) is 6.61 Å². The van der Waals surface area contributed by atoms with Crippen molar-refractivity contribution in [1.82, 2.24) is 0 Å². The van der Waals surface area contributed by atoms with Crippen molar-refractivity contribution in [3.05, 3.63) is 60.8 Å². The molecule has 0 amide bonds. The smallest absolute Gasteiger partial charge is 0.305 e. The van der Waals surface area contributed by atoms with Gasteiger partial charge in [-0.05, 0) is 44.9 Å². The number of aliphatic hydroxyl groups is 2. The van der Waals surface area contributed by atoms with Crippen molar-refractivity contribution in [1.29, 1.82) is 0 Å². The highest BCUT2D eigenvalue weighted by Crippen LogP contribution is 2.01. The molecule has 4 heteroatoms. The number of esters is 1. The van der Waals surface area contributed by atoms with Gasteiger partial charge in [0, 0.05) is 6.42 Å². The van der Waals surface area contributed by atoms with Crippen LogP contribution in [0.3, 0.4) is 0 Å². The standard InChI is InChI=1S/C23H36O4/c1-2-3-4-5-6-7-8-9-10-11-12-13-14-15-16-17-18-19-23(26)27-21-22(25)20-24/h3-4,6-7,9-10,12-13,15-16,22,24-25H,2,5,8,11,14,17-21H2,1H3/t22-/m0/s1. The molecule has 2 N–H and O–H groups in total. The fraction of sp³-hybridized carbons (Fsp3) is 0.522.